The third kappa shape index (κ3) is 29.7. The van der Waals surface area contributed by atoms with Crippen molar-refractivity contribution in [2.24, 2.45) is 0 Å². The van der Waals surface area contributed by atoms with Crippen LogP contribution in [-0.2, 0) is 24.2 Å². The minimum Gasteiger partial charge on any atom is -0.341 e. The Hall–Kier alpha value is -5.17. The molecule has 8 heterocycles. The molecule has 0 spiro atoms. The second-order valence-electron chi connectivity index (χ2n) is 46.9. The van der Waals surface area contributed by atoms with E-state index in [1.165, 1.54) is 0 Å². The Bertz CT molecular complexity index is 3680. The van der Waals surface area contributed by atoms with Crippen LogP contribution in [0.3, 0.4) is 0 Å². The molecule has 134 heavy (non-hydrogen) atoms. The number of nitrogens with zero attached hydrogens (tertiary/aromatic N) is 23. The van der Waals surface area contributed by atoms with Gasteiger partial charge in [0, 0.05) is 145 Å². The molecule has 0 unspecified atom stereocenters. The smallest absolute Gasteiger partial charge is 0.233 e. The van der Waals surface area contributed by atoms with E-state index in [1.807, 2.05) is 0 Å². The number of hydroxylamine groups is 10. The molecular formula is C106H203N23O5. The number of hydrogen-bond donors (Lipinski definition) is 0. The van der Waals surface area contributed by atoms with Gasteiger partial charge in [-0.25, -0.2) is 0 Å². The van der Waals surface area contributed by atoms with E-state index in [1.54, 1.807) is 0 Å². The molecule has 772 valence electrons. The van der Waals surface area contributed by atoms with Crippen molar-refractivity contribution in [3.63, 3.8) is 0 Å². The Balaban J connectivity index is 1.66. The van der Waals surface area contributed by atoms with E-state index in [0.717, 1.165) is 262 Å². The van der Waals surface area contributed by atoms with E-state index < -0.39 is 44.3 Å². The quantitative estimate of drug-likeness (QED) is 0.0481. The largest absolute Gasteiger partial charge is 0.341 e. The topological polar surface area (TPSA) is 208 Å². The van der Waals surface area contributed by atoms with Gasteiger partial charge in [0.2, 0.25) is 53.5 Å². The van der Waals surface area contributed by atoms with Crippen LogP contribution in [0.5, 0.6) is 0 Å². The lowest BCUT2D eigenvalue weighted by molar-refractivity contribution is -0.283. The van der Waals surface area contributed by atoms with Crippen molar-refractivity contribution in [3.8, 4) is 0 Å². The molecule has 0 aliphatic carbocycles. The highest BCUT2D eigenvalue weighted by Crippen LogP contribution is 2.50. The molecule has 0 amide bonds. The van der Waals surface area contributed by atoms with Gasteiger partial charge >= 0.3 is 0 Å². The van der Waals surface area contributed by atoms with Gasteiger partial charge in [-0.3, -0.25) is 24.2 Å². The summed E-state index contributed by atoms with van der Waals surface area (Å²) in [7, 11) is 0. The molecule has 8 rings (SSSR count). The maximum atomic E-state index is 7.12. The SMILES string of the molecule is CCCCN(CCC)c1nc(N(CCCC)CCCC)nc(N(CN(c2nc(N(CCCC)C3CC(C)(C)N(OCCC)C(C)(C)C3)nc(N(CN(c3nc(N(CCCC)CCCC)nc(N(CCCC)CCCC)n3)C3CC(C)(C)N(OCCC)C(C)(C)C3)C3CC(C)(C)N(OCCC)C(C)(C)C3)n2)C2CC(C)(C)N(OCCC)C(C)(C)C2)C2CC(C)(C)N(OCCC)C(C)(C)C2)n1. The molecule has 5 aliphatic heterocycles. The Morgan fingerprint density at radius 3 is 0.515 bits per heavy atom. The van der Waals surface area contributed by atoms with Gasteiger partial charge < -0.3 is 44.1 Å². The Morgan fingerprint density at radius 2 is 0.343 bits per heavy atom. The molecule has 0 saturated carbocycles. The summed E-state index contributed by atoms with van der Waals surface area (Å²) < 4.78 is 0. The fourth-order valence-electron chi connectivity index (χ4n) is 23.5. The van der Waals surface area contributed by atoms with Crippen molar-refractivity contribution in [3.05, 3.63) is 0 Å². The third-order valence-corrected chi connectivity index (χ3v) is 28.7. The summed E-state index contributed by atoms with van der Waals surface area (Å²) in [5, 5.41) is 11.7. The molecule has 28 heteroatoms. The Labute approximate surface area is 819 Å². The van der Waals surface area contributed by atoms with Crippen LogP contribution in [0.2, 0.25) is 0 Å². The maximum Gasteiger partial charge on any atom is 0.233 e. The van der Waals surface area contributed by atoms with Crippen LogP contribution < -0.4 is 44.1 Å². The van der Waals surface area contributed by atoms with E-state index >= 15 is 0 Å². The van der Waals surface area contributed by atoms with Gasteiger partial charge in [-0.2, -0.15) is 70.2 Å². The minimum atomic E-state index is -0.497. The van der Waals surface area contributed by atoms with Crippen molar-refractivity contribution in [2.45, 2.75) is 526 Å². The molecule has 3 aromatic heterocycles. The van der Waals surface area contributed by atoms with E-state index in [2.05, 4.69) is 305 Å². The Morgan fingerprint density at radius 1 is 0.194 bits per heavy atom. The van der Waals surface area contributed by atoms with Crippen LogP contribution in [-0.4, -0.2) is 261 Å². The highest BCUT2D eigenvalue weighted by atomic mass is 16.7. The number of anilines is 9. The molecule has 5 aliphatic rings. The minimum absolute atomic E-state index is 0.0215. The van der Waals surface area contributed by atoms with Crippen molar-refractivity contribution in [2.75, 3.05) is 149 Å². The average molecular weight is 1880 g/mol. The first-order chi connectivity index (χ1) is 63.3. The predicted molar refractivity (Wildman–Crippen MR) is 561 cm³/mol. The number of hydrogen-bond acceptors (Lipinski definition) is 28. The molecule has 0 atom stereocenters. The first-order valence-corrected chi connectivity index (χ1v) is 54.5. The first-order valence-electron chi connectivity index (χ1n) is 54.5. The monoisotopic (exact) mass is 1880 g/mol. The summed E-state index contributed by atoms with van der Waals surface area (Å²) in [6.07, 6.45) is 29.3. The maximum absolute atomic E-state index is 7.12. The van der Waals surface area contributed by atoms with Crippen LogP contribution in [0.25, 0.3) is 0 Å². The highest BCUT2D eigenvalue weighted by Gasteiger charge is 2.57. The zero-order valence-corrected chi connectivity index (χ0v) is 92.7. The van der Waals surface area contributed by atoms with Crippen LogP contribution in [0.15, 0.2) is 0 Å². The zero-order chi connectivity index (χ0) is 99.0. The van der Waals surface area contributed by atoms with Crippen LogP contribution >= 0.6 is 0 Å². The van der Waals surface area contributed by atoms with Gasteiger partial charge in [0.25, 0.3) is 0 Å². The molecule has 0 bridgehead atoms. The lowest BCUT2D eigenvalue weighted by atomic mass is 9.77. The fraction of sp³-hybridized carbons (Fsp3) is 0.915. The summed E-state index contributed by atoms with van der Waals surface area (Å²) in [5.74, 6) is 6.23. The summed E-state index contributed by atoms with van der Waals surface area (Å²) in [6.45, 7) is 91.0. The normalized spacial score (nSPS) is 20.6. The van der Waals surface area contributed by atoms with Gasteiger partial charge in [-0.05, 0) is 293 Å². The van der Waals surface area contributed by atoms with Crippen LogP contribution in [0.4, 0.5) is 53.5 Å². The van der Waals surface area contributed by atoms with Crippen molar-refractivity contribution in [1.29, 1.82) is 0 Å². The third-order valence-electron chi connectivity index (χ3n) is 28.7. The number of aromatic nitrogens is 9. The van der Waals surface area contributed by atoms with Gasteiger partial charge in [-0.1, -0.05) is 148 Å². The second-order valence-corrected chi connectivity index (χ2v) is 46.9. The van der Waals surface area contributed by atoms with Crippen molar-refractivity contribution in [1.82, 2.24) is 70.2 Å². The Kier molecular flexibility index (Phi) is 43.4. The molecule has 0 N–H and O–H groups in total. The fourth-order valence-corrected chi connectivity index (χ4v) is 23.5. The number of piperidine rings is 5. The van der Waals surface area contributed by atoms with Gasteiger partial charge in [0.05, 0.1) is 46.4 Å². The zero-order valence-electron chi connectivity index (χ0n) is 92.7. The number of rotatable bonds is 59. The summed E-state index contributed by atoms with van der Waals surface area (Å²) in [6, 6.07) is -0.700. The molecule has 5 saturated heterocycles. The van der Waals surface area contributed by atoms with E-state index in [9.17, 15) is 0 Å². The first kappa shape index (κ1) is 114. The van der Waals surface area contributed by atoms with Gasteiger partial charge in [0.1, 0.15) is 0 Å². The summed E-state index contributed by atoms with van der Waals surface area (Å²) in [5.41, 5.74) is -4.58. The molecule has 0 aromatic carbocycles. The van der Waals surface area contributed by atoms with E-state index in [4.69, 9.17) is 69.0 Å². The predicted octanol–water partition coefficient (Wildman–Crippen LogP) is 23.4. The second kappa shape index (κ2) is 51.0. The molecule has 3 aromatic rings. The standard InChI is InChI=1S/C106H203N23O5/c1-35-49-58-116(57-43-9)88-107-89(117(59-50-36-2)60-51-37-3)110-93(109-88)121(84-73-99(19,20)126(131-67-45-11)100(21,22)74-84)81-123(86-77-103(27,28)128(133-69-47-13)104(29,30)78-86)95-113-92(120(65-56-42-8)83-71-97(15,16)125(130-66-44-10)98(17,18)72-83)114-96(115-95)124(87-79-105(31,32)129(134-70-48-14)106(33,34)80-87)82-122(85-75-101(23,24)127(132-68-46-12)102(25,26)76-85)94-111-90(118(61-52-38-4)62-53-39-5)108-91(112-94)119(63-54-40-6)64-55-41-7/h83-87H,35-82H2,1-34H3. The van der Waals surface area contributed by atoms with E-state index in [-0.39, 0.29) is 41.3 Å². The van der Waals surface area contributed by atoms with Crippen LogP contribution in [0, 0.1) is 0 Å². The highest BCUT2D eigenvalue weighted by molar-refractivity contribution is 5.55. The van der Waals surface area contributed by atoms with Gasteiger partial charge in [0.15, 0.2) is 0 Å². The lowest BCUT2D eigenvalue weighted by Crippen LogP contribution is -2.67. The average Bonchev–Trinajstić information content (AvgIpc) is 0.743. The van der Waals surface area contributed by atoms with Crippen LogP contribution in [0.1, 0.15) is 441 Å². The summed E-state index contributed by atoms with van der Waals surface area (Å²) in [4.78, 5) is 114. The van der Waals surface area contributed by atoms with E-state index in [0.29, 0.717) is 102 Å². The molecule has 0 radical (unpaired) electrons. The number of unbranched alkanes of at least 4 members (excludes halogenated alkanes) is 8. The van der Waals surface area contributed by atoms with Gasteiger partial charge in [-0.15, -0.1) is 0 Å². The lowest BCUT2D eigenvalue weighted by Gasteiger charge is -2.58. The summed E-state index contributed by atoms with van der Waals surface area (Å²) >= 11 is 0. The van der Waals surface area contributed by atoms with Crippen molar-refractivity contribution >= 4 is 53.5 Å². The molecular weight excluding hydrogens is 1680 g/mol. The molecule has 28 nitrogen and oxygen atoms in total. The van der Waals surface area contributed by atoms with Crippen molar-refractivity contribution < 1.29 is 24.2 Å². The molecule has 5 fully saturated rings.